The molecule has 2 N–H and O–H groups in total. The number of nitrogens with one attached hydrogen (secondary N) is 2. The van der Waals surface area contributed by atoms with Crippen molar-refractivity contribution in [3.05, 3.63) is 0 Å². The zero-order chi connectivity index (χ0) is 31.4. The maximum absolute atomic E-state index is 11.5. The number of hydrogen-bond donors (Lipinski definition) is 2. The van der Waals surface area contributed by atoms with E-state index in [1.54, 1.807) is 0 Å². The number of amides is 2. The lowest BCUT2D eigenvalue weighted by molar-refractivity contribution is -0.0230. The summed E-state index contributed by atoms with van der Waals surface area (Å²) in [6, 6.07) is 0. The molecule has 0 heterocycles. The Hall–Kier alpha value is -1.78. The Morgan fingerprint density at radius 3 is 0.762 bits per heavy atom. The first kappa shape index (κ1) is 40.2. The average Bonchev–Trinajstić information content (AvgIpc) is 2.88. The molecule has 0 aliphatic carbocycles. The van der Waals surface area contributed by atoms with Gasteiger partial charge in [-0.2, -0.15) is 0 Å². The lowest BCUT2D eigenvalue weighted by Gasteiger charge is -2.19. The minimum Gasteiger partial charge on any atom is -0.444 e. The van der Waals surface area contributed by atoms with Crippen molar-refractivity contribution in [2.24, 2.45) is 0 Å². The first-order valence-electron chi connectivity index (χ1n) is 14.6. The molecule has 0 bridgehead atoms. The minimum atomic E-state index is -0.513. The van der Waals surface area contributed by atoms with Crippen LogP contribution in [0.15, 0.2) is 0 Å². The lowest BCUT2D eigenvalue weighted by Crippen LogP contribution is -2.34. The third-order valence-corrected chi connectivity index (χ3v) is 4.43. The van der Waals surface area contributed by atoms with E-state index in [-0.39, 0.29) is 0 Å². The molecule has 2 amide bonds. The monoisotopic (exact) mass is 612 g/mol. The summed E-state index contributed by atoms with van der Waals surface area (Å²) in [5, 5.41) is 5.25. The van der Waals surface area contributed by atoms with Crippen molar-refractivity contribution in [2.45, 2.75) is 52.7 Å². The molecule has 0 spiro atoms. The summed E-state index contributed by atoms with van der Waals surface area (Å²) in [7, 11) is 0. The second-order valence-corrected chi connectivity index (χ2v) is 10.8. The largest absolute Gasteiger partial charge is 0.444 e. The number of ether oxygens (including phenoxy) is 10. The van der Waals surface area contributed by atoms with Gasteiger partial charge in [-0.1, -0.05) is 0 Å². The van der Waals surface area contributed by atoms with Crippen LogP contribution in [-0.4, -0.2) is 142 Å². The van der Waals surface area contributed by atoms with E-state index >= 15 is 0 Å². The van der Waals surface area contributed by atoms with Crippen molar-refractivity contribution in [3.63, 3.8) is 0 Å². The van der Waals surface area contributed by atoms with Gasteiger partial charge in [-0.15, -0.1) is 0 Å². The van der Waals surface area contributed by atoms with Gasteiger partial charge in [0.2, 0.25) is 0 Å². The van der Waals surface area contributed by atoms with Crippen molar-refractivity contribution >= 4 is 12.2 Å². The molecule has 42 heavy (non-hydrogen) atoms. The number of alkyl carbamates (subject to hydrolysis) is 2. The minimum absolute atomic E-state index is 0.380. The molecular weight excluding hydrogens is 556 g/mol. The second kappa shape index (κ2) is 26.8. The standard InChI is InChI=1S/C28H56N2O12/c1-27(2,3)41-25(31)29-7-9-33-11-13-35-15-17-37-19-21-39-23-24-40-22-20-38-18-16-36-14-12-34-10-8-30-26(32)42-28(4,5)6/h7-24H2,1-6H3,(H,29,31)(H,30,32). The quantitative estimate of drug-likeness (QED) is 0.131. The number of hydrogen-bond acceptors (Lipinski definition) is 12. The Morgan fingerprint density at radius 1 is 0.381 bits per heavy atom. The van der Waals surface area contributed by atoms with E-state index in [0.717, 1.165) is 0 Å². The Kier molecular flexibility index (Phi) is 25.7. The van der Waals surface area contributed by atoms with Crippen LogP contribution in [0.3, 0.4) is 0 Å². The first-order valence-corrected chi connectivity index (χ1v) is 14.6. The highest BCUT2D eigenvalue weighted by atomic mass is 16.6. The molecule has 0 aliphatic heterocycles. The van der Waals surface area contributed by atoms with E-state index in [2.05, 4.69) is 10.6 Å². The average molecular weight is 613 g/mol. The molecule has 0 saturated carbocycles. The van der Waals surface area contributed by atoms with Crippen LogP contribution in [0.25, 0.3) is 0 Å². The van der Waals surface area contributed by atoms with Gasteiger partial charge in [0, 0.05) is 13.1 Å². The van der Waals surface area contributed by atoms with E-state index in [0.29, 0.717) is 119 Å². The van der Waals surface area contributed by atoms with Gasteiger partial charge in [-0.25, -0.2) is 9.59 Å². The number of carbonyl (C=O) groups is 2. The fourth-order valence-electron chi connectivity index (χ4n) is 2.72. The fraction of sp³-hybridized carbons (Fsp3) is 0.929. The van der Waals surface area contributed by atoms with Gasteiger partial charge < -0.3 is 58.0 Å². The maximum atomic E-state index is 11.5. The maximum Gasteiger partial charge on any atom is 0.407 e. The summed E-state index contributed by atoms with van der Waals surface area (Å²) >= 11 is 0. The first-order chi connectivity index (χ1) is 20.0. The van der Waals surface area contributed by atoms with E-state index < -0.39 is 23.4 Å². The molecule has 0 aromatic heterocycles. The van der Waals surface area contributed by atoms with Crippen LogP contribution in [0, 0.1) is 0 Å². The van der Waals surface area contributed by atoms with Gasteiger partial charge in [-0.3, -0.25) is 0 Å². The molecule has 0 radical (unpaired) electrons. The van der Waals surface area contributed by atoms with Crippen molar-refractivity contribution in [1.82, 2.24) is 10.6 Å². The highest BCUT2D eigenvalue weighted by Gasteiger charge is 2.16. The van der Waals surface area contributed by atoms with Crippen LogP contribution in [-0.2, 0) is 47.4 Å². The predicted octanol–water partition coefficient (Wildman–Crippen LogP) is 2.17. The number of carbonyl (C=O) groups excluding carboxylic acids is 2. The number of rotatable bonds is 27. The molecule has 0 atom stereocenters. The Bertz CT molecular complexity index is 587. The summed E-state index contributed by atoms with van der Waals surface area (Å²) in [5.74, 6) is 0. The molecule has 0 aromatic carbocycles. The van der Waals surface area contributed by atoms with E-state index in [1.165, 1.54) is 0 Å². The summed E-state index contributed by atoms with van der Waals surface area (Å²) < 4.78 is 53.6. The van der Waals surface area contributed by atoms with Gasteiger partial charge >= 0.3 is 12.2 Å². The third kappa shape index (κ3) is 34.4. The molecular formula is C28H56N2O12. The van der Waals surface area contributed by atoms with Crippen LogP contribution in [0.5, 0.6) is 0 Å². The molecule has 14 heteroatoms. The molecule has 0 aliphatic rings. The van der Waals surface area contributed by atoms with Gasteiger partial charge in [0.1, 0.15) is 11.2 Å². The molecule has 0 fully saturated rings. The van der Waals surface area contributed by atoms with Gasteiger partial charge in [0.15, 0.2) is 0 Å². The summed E-state index contributed by atoms with van der Waals surface area (Å²) in [4.78, 5) is 22.9. The van der Waals surface area contributed by atoms with Crippen LogP contribution in [0.1, 0.15) is 41.5 Å². The predicted molar refractivity (Wildman–Crippen MR) is 155 cm³/mol. The fourth-order valence-corrected chi connectivity index (χ4v) is 2.72. The summed E-state index contributed by atoms with van der Waals surface area (Å²) in [6.07, 6.45) is -0.910. The van der Waals surface area contributed by atoms with Crippen molar-refractivity contribution < 1.29 is 57.0 Å². The Balaban J connectivity index is 3.16. The lowest BCUT2D eigenvalue weighted by atomic mass is 10.2. The van der Waals surface area contributed by atoms with Crippen molar-refractivity contribution in [2.75, 3.05) is 119 Å². The molecule has 250 valence electrons. The van der Waals surface area contributed by atoms with Crippen molar-refractivity contribution in [1.29, 1.82) is 0 Å². The molecule has 14 nitrogen and oxygen atoms in total. The summed E-state index contributed by atoms with van der Waals surface area (Å²) in [6.45, 7) is 19.0. The third-order valence-electron chi connectivity index (χ3n) is 4.43. The van der Waals surface area contributed by atoms with Gasteiger partial charge in [-0.05, 0) is 41.5 Å². The smallest absolute Gasteiger partial charge is 0.407 e. The Morgan fingerprint density at radius 2 is 0.571 bits per heavy atom. The van der Waals surface area contributed by atoms with Crippen LogP contribution >= 0.6 is 0 Å². The van der Waals surface area contributed by atoms with Crippen LogP contribution in [0.2, 0.25) is 0 Å². The van der Waals surface area contributed by atoms with E-state index in [4.69, 9.17) is 47.4 Å². The molecule has 0 rings (SSSR count). The molecule has 0 unspecified atom stereocenters. The highest BCUT2D eigenvalue weighted by Crippen LogP contribution is 2.06. The second-order valence-electron chi connectivity index (χ2n) is 10.8. The van der Waals surface area contributed by atoms with Crippen LogP contribution in [0.4, 0.5) is 9.59 Å². The normalized spacial score (nSPS) is 11.9. The van der Waals surface area contributed by atoms with E-state index in [1.807, 2.05) is 41.5 Å². The van der Waals surface area contributed by atoms with Gasteiger partial charge in [0.05, 0.1) is 106 Å². The van der Waals surface area contributed by atoms with Gasteiger partial charge in [0.25, 0.3) is 0 Å². The molecule has 0 saturated heterocycles. The Labute approximate surface area is 251 Å². The zero-order valence-electron chi connectivity index (χ0n) is 26.6. The van der Waals surface area contributed by atoms with Crippen molar-refractivity contribution in [3.8, 4) is 0 Å². The topological polar surface area (TPSA) is 151 Å². The zero-order valence-corrected chi connectivity index (χ0v) is 26.6. The molecule has 0 aromatic rings. The highest BCUT2D eigenvalue weighted by molar-refractivity contribution is 5.67. The van der Waals surface area contributed by atoms with E-state index in [9.17, 15) is 9.59 Å². The van der Waals surface area contributed by atoms with Crippen LogP contribution < -0.4 is 10.6 Å². The SMILES string of the molecule is CC(C)(C)OC(=O)NCCOCCOCCOCCOCCOCCOCCOCCOCCNC(=O)OC(C)(C)C. The summed E-state index contributed by atoms with van der Waals surface area (Å²) in [5.41, 5.74) is -1.03.